The van der Waals surface area contributed by atoms with Gasteiger partial charge in [0.05, 0.1) is 6.61 Å². The highest BCUT2D eigenvalue weighted by Gasteiger charge is 2.26. The predicted molar refractivity (Wildman–Crippen MR) is 51.9 cm³/mol. The number of piperidine rings is 1. The second kappa shape index (κ2) is 5.55. The molecule has 0 bridgehead atoms. The summed E-state index contributed by atoms with van der Waals surface area (Å²) in [5.41, 5.74) is 5.16. The molecule has 1 aliphatic rings. The summed E-state index contributed by atoms with van der Waals surface area (Å²) in [5.74, 6) is -0.440. The molecule has 1 heterocycles. The summed E-state index contributed by atoms with van der Waals surface area (Å²) >= 11 is 0. The number of rotatable bonds is 3. The summed E-state index contributed by atoms with van der Waals surface area (Å²) in [6.07, 6.45) is 0.736. The van der Waals surface area contributed by atoms with Crippen LogP contribution in [0.2, 0.25) is 0 Å². The lowest BCUT2D eigenvalue weighted by Gasteiger charge is -2.29. The average molecular weight is 216 g/mol. The lowest BCUT2D eigenvalue weighted by molar-refractivity contribution is -0.123. The van der Waals surface area contributed by atoms with Crippen LogP contribution >= 0.6 is 0 Å². The second-order valence-corrected chi connectivity index (χ2v) is 3.50. The third-order valence-electron chi connectivity index (χ3n) is 2.47. The fraction of sp³-hybridized carbons (Fsp3) is 0.778. The third kappa shape index (κ3) is 3.39. The van der Waals surface area contributed by atoms with Crippen LogP contribution in [0.1, 0.15) is 12.8 Å². The van der Waals surface area contributed by atoms with Crippen LogP contribution in [0.5, 0.6) is 0 Å². The van der Waals surface area contributed by atoms with E-state index in [2.05, 4.69) is 0 Å². The zero-order valence-electron chi connectivity index (χ0n) is 8.52. The molecule has 1 rings (SSSR count). The van der Waals surface area contributed by atoms with Crippen molar-refractivity contribution in [3.8, 4) is 0 Å². The number of nitrogens with zero attached hydrogens (tertiary/aromatic N) is 1. The fourth-order valence-electron chi connectivity index (χ4n) is 1.57. The Bertz CT molecular complexity index is 236. The number of hydrogen-bond acceptors (Lipinski definition) is 4. The van der Waals surface area contributed by atoms with E-state index in [4.69, 9.17) is 15.6 Å². The van der Waals surface area contributed by atoms with Gasteiger partial charge in [0.25, 0.3) is 0 Å². The van der Waals surface area contributed by atoms with Crippen LogP contribution in [0.25, 0.3) is 0 Å². The third-order valence-corrected chi connectivity index (χ3v) is 2.47. The van der Waals surface area contributed by atoms with Crippen molar-refractivity contribution in [3.05, 3.63) is 0 Å². The standard InChI is InChI=1S/C9H16N2O4/c10-8(13)7-1-3-11(4-2-7)9(14)15-6-5-12/h7,12H,1-6H2,(H2,10,13). The molecule has 86 valence electrons. The topological polar surface area (TPSA) is 92.9 Å². The Hall–Kier alpha value is -1.30. The Kier molecular flexibility index (Phi) is 4.36. The number of carbonyl (C=O) groups excluding carboxylic acids is 2. The monoisotopic (exact) mass is 216 g/mol. The lowest BCUT2D eigenvalue weighted by atomic mass is 9.97. The number of primary amides is 1. The minimum absolute atomic E-state index is 0.00851. The molecule has 1 aliphatic heterocycles. The maximum Gasteiger partial charge on any atom is 0.409 e. The highest BCUT2D eigenvalue weighted by molar-refractivity contribution is 5.77. The van der Waals surface area contributed by atoms with Gasteiger partial charge in [-0.15, -0.1) is 0 Å². The van der Waals surface area contributed by atoms with Gasteiger partial charge in [-0.05, 0) is 12.8 Å². The Morgan fingerprint density at radius 3 is 2.47 bits per heavy atom. The number of amides is 2. The maximum absolute atomic E-state index is 11.3. The maximum atomic E-state index is 11.3. The van der Waals surface area contributed by atoms with Crippen molar-refractivity contribution in [2.45, 2.75) is 12.8 Å². The first-order valence-corrected chi connectivity index (χ1v) is 4.97. The van der Waals surface area contributed by atoms with Crippen LogP contribution in [-0.4, -0.2) is 48.3 Å². The SMILES string of the molecule is NC(=O)C1CCN(C(=O)OCCO)CC1. The van der Waals surface area contributed by atoms with Crippen LogP contribution in [-0.2, 0) is 9.53 Å². The van der Waals surface area contributed by atoms with Crippen molar-refractivity contribution in [1.29, 1.82) is 0 Å². The number of hydrogen-bond donors (Lipinski definition) is 2. The van der Waals surface area contributed by atoms with Gasteiger partial charge in [0.1, 0.15) is 6.61 Å². The molecule has 15 heavy (non-hydrogen) atoms. The van der Waals surface area contributed by atoms with Gasteiger partial charge in [0, 0.05) is 19.0 Å². The zero-order chi connectivity index (χ0) is 11.3. The van der Waals surface area contributed by atoms with Crippen LogP contribution in [0.4, 0.5) is 4.79 Å². The molecule has 6 nitrogen and oxygen atoms in total. The molecule has 1 saturated heterocycles. The first-order chi connectivity index (χ1) is 7.15. The van der Waals surface area contributed by atoms with Gasteiger partial charge in [0.2, 0.25) is 5.91 Å². The van der Waals surface area contributed by atoms with Gasteiger partial charge in [0.15, 0.2) is 0 Å². The van der Waals surface area contributed by atoms with Crippen molar-refractivity contribution in [1.82, 2.24) is 4.90 Å². The average Bonchev–Trinajstić information content (AvgIpc) is 2.26. The Morgan fingerprint density at radius 1 is 1.40 bits per heavy atom. The molecular formula is C9H16N2O4. The van der Waals surface area contributed by atoms with Gasteiger partial charge in [-0.1, -0.05) is 0 Å². The van der Waals surface area contributed by atoms with E-state index in [9.17, 15) is 9.59 Å². The van der Waals surface area contributed by atoms with E-state index in [1.807, 2.05) is 0 Å². The lowest BCUT2D eigenvalue weighted by Crippen LogP contribution is -2.42. The molecule has 2 amide bonds. The van der Waals surface area contributed by atoms with Crippen molar-refractivity contribution < 1.29 is 19.4 Å². The molecule has 0 radical (unpaired) electrons. The predicted octanol–water partition coefficient (Wildman–Crippen LogP) is -0.687. The van der Waals surface area contributed by atoms with Crippen molar-refractivity contribution in [2.24, 2.45) is 11.7 Å². The van der Waals surface area contributed by atoms with Crippen LogP contribution in [0, 0.1) is 5.92 Å². The van der Waals surface area contributed by atoms with E-state index in [0.717, 1.165) is 0 Å². The van der Waals surface area contributed by atoms with Crippen molar-refractivity contribution in [3.63, 3.8) is 0 Å². The molecule has 0 aliphatic carbocycles. The molecule has 6 heteroatoms. The second-order valence-electron chi connectivity index (χ2n) is 3.50. The van der Waals surface area contributed by atoms with Gasteiger partial charge in [-0.25, -0.2) is 4.79 Å². The van der Waals surface area contributed by atoms with E-state index in [-0.39, 0.29) is 25.0 Å². The molecule has 0 spiro atoms. The van der Waals surface area contributed by atoms with Crippen molar-refractivity contribution >= 4 is 12.0 Å². The summed E-state index contributed by atoms with van der Waals surface area (Å²) in [7, 11) is 0. The largest absolute Gasteiger partial charge is 0.447 e. The summed E-state index contributed by atoms with van der Waals surface area (Å²) in [4.78, 5) is 23.7. The molecule has 0 aromatic carbocycles. The Morgan fingerprint density at radius 2 is 2.00 bits per heavy atom. The highest BCUT2D eigenvalue weighted by Crippen LogP contribution is 2.16. The van der Waals surface area contributed by atoms with Gasteiger partial charge in [-0.2, -0.15) is 0 Å². The molecular weight excluding hydrogens is 200 g/mol. The molecule has 0 aromatic rings. The first-order valence-electron chi connectivity index (χ1n) is 4.97. The Balaban J connectivity index is 2.30. The number of likely N-dealkylation sites (tertiary alicyclic amines) is 1. The van der Waals surface area contributed by atoms with E-state index >= 15 is 0 Å². The van der Waals surface area contributed by atoms with Gasteiger partial charge in [-0.3, -0.25) is 4.79 Å². The summed E-state index contributed by atoms with van der Waals surface area (Å²) < 4.78 is 4.75. The first kappa shape index (κ1) is 11.8. The van der Waals surface area contributed by atoms with E-state index in [1.54, 1.807) is 0 Å². The number of nitrogens with two attached hydrogens (primary N) is 1. The molecule has 0 unspecified atom stereocenters. The minimum atomic E-state index is -0.438. The van der Waals surface area contributed by atoms with Crippen LogP contribution in [0.15, 0.2) is 0 Å². The molecule has 3 N–H and O–H groups in total. The normalized spacial score (nSPS) is 17.5. The molecule has 1 fully saturated rings. The highest BCUT2D eigenvalue weighted by atomic mass is 16.6. The van der Waals surface area contributed by atoms with Crippen molar-refractivity contribution in [2.75, 3.05) is 26.3 Å². The number of aliphatic hydroxyl groups excluding tert-OH is 1. The Labute approximate surface area is 88.0 Å². The van der Waals surface area contributed by atoms with Crippen LogP contribution in [0.3, 0.4) is 0 Å². The quantitative estimate of drug-likeness (QED) is 0.653. The number of aliphatic hydroxyl groups is 1. The smallest absolute Gasteiger partial charge is 0.409 e. The number of ether oxygens (including phenoxy) is 1. The minimum Gasteiger partial charge on any atom is -0.447 e. The summed E-state index contributed by atoms with van der Waals surface area (Å²) in [6, 6.07) is 0. The van der Waals surface area contributed by atoms with Crippen LogP contribution < -0.4 is 5.73 Å². The van der Waals surface area contributed by atoms with E-state index < -0.39 is 6.09 Å². The molecule has 0 saturated carbocycles. The van der Waals surface area contributed by atoms with Gasteiger partial charge < -0.3 is 20.5 Å². The van der Waals surface area contributed by atoms with Gasteiger partial charge >= 0.3 is 6.09 Å². The van der Waals surface area contributed by atoms with E-state index in [1.165, 1.54) is 4.90 Å². The molecule has 0 aromatic heterocycles. The fourth-order valence-corrected chi connectivity index (χ4v) is 1.57. The number of carbonyl (C=O) groups is 2. The van der Waals surface area contributed by atoms with E-state index in [0.29, 0.717) is 25.9 Å². The summed E-state index contributed by atoms with van der Waals surface area (Å²) in [5, 5.41) is 8.47. The summed E-state index contributed by atoms with van der Waals surface area (Å²) in [6.45, 7) is 0.799. The molecule has 0 atom stereocenters. The zero-order valence-corrected chi connectivity index (χ0v) is 8.52.